The predicted molar refractivity (Wildman–Crippen MR) is 82.8 cm³/mol. The van der Waals surface area contributed by atoms with E-state index in [4.69, 9.17) is 0 Å². The van der Waals surface area contributed by atoms with Gasteiger partial charge in [0.1, 0.15) is 5.69 Å². The van der Waals surface area contributed by atoms with Crippen molar-refractivity contribution in [2.24, 2.45) is 5.41 Å². The highest BCUT2D eigenvalue weighted by atomic mass is 16.6. The van der Waals surface area contributed by atoms with Crippen LogP contribution in [-0.4, -0.2) is 34.5 Å². The Morgan fingerprint density at radius 3 is 2.48 bits per heavy atom. The summed E-state index contributed by atoms with van der Waals surface area (Å²) in [6.45, 7) is 10.3. The van der Waals surface area contributed by atoms with Gasteiger partial charge in [-0.15, -0.1) is 0 Å². The number of rotatable bonds is 4. The molecule has 0 spiro atoms. The average Bonchev–Trinajstić information content (AvgIpc) is 2.37. The van der Waals surface area contributed by atoms with Crippen LogP contribution < -0.4 is 10.2 Å². The van der Waals surface area contributed by atoms with E-state index in [1.165, 1.54) is 0 Å². The third kappa shape index (κ3) is 3.40. The van der Waals surface area contributed by atoms with Crippen LogP contribution in [0.25, 0.3) is 0 Å². The molecule has 0 unspecified atom stereocenters. The molecule has 1 fully saturated rings. The summed E-state index contributed by atoms with van der Waals surface area (Å²) in [5, 5.41) is 14.4. The van der Waals surface area contributed by atoms with Crippen LogP contribution >= 0.6 is 0 Å². The molecule has 0 atom stereocenters. The first-order valence-corrected chi connectivity index (χ1v) is 7.36. The zero-order chi connectivity index (χ0) is 15.6. The number of piperidine rings is 1. The summed E-state index contributed by atoms with van der Waals surface area (Å²) >= 11 is 0. The van der Waals surface area contributed by atoms with Gasteiger partial charge < -0.3 is 10.2 Å². The maximum atomic E-state index is 11.4. The van der Waals surface area contributed by atoms with Crippen molar-refractivity contribution in [2.75, 3.05) is 29.9 Å². The Kier molecular flexibility index (Phi) is 4.29. The van der Waals surface area contributed by atoms with Gasteiger partial charge in [0.15, 0.2) is 0 Å². The second-order valence-electron chi connectivity index (χ2n) is 6.24. The van der Waals surface area contributed by atoms with E-state index in [-0.39, 0.29) is 16.0 Å². The van der Waals surface area contributed by atoms with E-state index in [0.717, 1.165) is 25.9 Å². The number of hydrogen-bond acceptors (Lipinski definition) is 6. The van der Waals surface area contributed by atoms with Gasteiger partial charge in [-0.2, -0.15) is 4.98 Å². The van der Waals surface area contributed by atoms with Crippen LogP contribution in [0.3, 0.4) is 0 Å². The van der Waals surface area contributed by atoms with Crippen molar-refractivity contribution in [1.82, 2.24) is 9.97 Å². The topological polar surface area (TPSA) is 84.2 Å². The first-order valence-electron chi connectivity index (χ1n) is 7.36. The number of aryl methyl sites for hydroxylation is 1. The standard InChI is InChI=1S/C14H23N5O2/c1-5-15-13-16-10(2)11(19(20)21)12(17-13)18-8-6-14(3,4)7-9-18/h5-9H2,1-4H3,(H,15,16,17). The fourth-order valence-corrected chi connectivity index (χ4v) is 2.55. The highest BCUT2D eigenvalue weighted by molar-refractivity contribution is 5.62. The zero-order valence-corrected chi connectivity index (χ0v) is 13.1. The maximum Gasteiger partial charge on any atom is 0.332 e. The van der Waals surface area contributed by atoms with Gasteiger partial charge in [-0.3, -0.25) is 10.1 Å². The zero-order valence-electron chi connectivity index (χ0n) is 13.1. The molecule has 1 saturated heterocycles. The Labute approximate surface area is 124 Å². The monoisotopic (exact) mass is 293 g/mol. The van der Waals surface area contributed by atoms with Gasteiger partial charge in [0, 0.05) is 19.6 Å². The SMILES string of the molecule is CCNc1nc(C)c([N+](=O)[O-])c(N2CCC(C)(C)CC2)n1. The summed E-state index contributed by atoms with van der Waals surface area (Å²) in [6.07, 6.45) is 2.01. The normalized spacial score (nSPS) is 17.6. The minimum absolute atomic E-state index is 0.0244. The molecule has 1 aliphatic rings. The molecule has 2 heterocycles. The van der Waals surface area contributed by atoms with E-state index in [0.29, 0.717) is 24.0 Å². The Morgan fingerprint density at radius 1 is 1.33 bits per heavy atom. The van der Waals surface area contributed by atoms with Crippen LogP contribution in [0.15, 0.2) is 0 Å². The third-order valence-electron chi connectivity index (χ3n) is 3.97. The van der Waals surface area contributed by atoms with Crippen LogP contribution in [0.4, 0.5) is 17.5 Å². The molecule has 1 aromatic heterocycles. The van der Waals surface area contributed by atoms with E-state index in [9.17, 15) is 10.1 Å². The molecule has 0 radical (unpaired) electrons. The fourth-order valence-electron chi connectivity index (χ4n) is 2.55. The summed E-state index contributed by atoms with van der Waals surface area (Å²) in [5.74, 6) is 0.902. The molecule has 0 amide bonds. The number of nitrogens with one attached hydrogen (secondary N) is 1. The molecule has 0 saturated carbocycles. The van der Waals surface area contributed by atoms with Crippen LogP contribution in [0, 0.1) is 22.5 Å². The molecule has 0 aromatic carbocycles. The molecule has 1 N–H and O–H groups in total. The molecule has 7 heteroatoms. The van der Waals surface area contributed by atoms with E-state index in [1.54, 1.807) is 6.92 Å². The Morgan fingerprint density at radius 2 is 1.95 bits per heavy atom. The highest BCUT2D eigenvalue weighted by Gasteiger charge is 2.31. The van der Waals surface area contributed by atoms with E-state index < -0.39 is 0 Å². The van der Waals surface area contributed by atoms with Gasteiger partial charge in [0.25, 0.3) is 0 Å². The largest absolute Gasteiger partial charge is 0.354 e. The molecule has 21 heavy (non-hydrogen) atoms. The molecule has 7 nitrogen and oxygen atoms in total. The summed E-state index contributed by atoms with van der Waals surface area (Å²) in [5.41, 5.74) is 0.722. The Hall–Kier alpha value is -1.92. The molecular weight excluding hydrogens is 270 g/mol. The molecule has 0 aliphatic carbocycles. The minimum atomic E-state index is -0.375. The summed E-state index contributed by atoms with van der Waals surface area (Å²) in [6, 6.07) is 0. The molecule has 116 valence electrons. The van der Waals surface area contributed by atoms with Crippen molar-refractivity contribution in [2.45, 2.75) is 40.5 Å². The van der Waals surface area contributed by atoms with E-state index in [1.807, 2.05) is 11.8 Å². The summed E-state index contributed by atoms with van der Waals surface area (Å²) < 4.78 is 0. The van der Waals surface area contributed by atoms with Gasteiger partial charge >= 0.3 is 5.69 Å². The van der Waals surface area contributed by atoms with Gasteiger partial charge in [-0.05, 0) is 32.1 Å². The fraction of sp³-hybridized carbons (Fsp3) is 0.714. The van der Waals surface area contributed by atoms with Gasteiger partial charge in [-0.25, -0.2) is 4.98 Å². The summed E-state index contributed by atoms with van der Waals surface area (Å²) in [7, 11) is 0. The van der Waals surface area contributed by atoms with Gasteiger partial charge in [0.05, 0.1) is 4.92 Å². The average molecular weight is 293 g/mol. The van der Waals surface area contributed by atoms with Gasteiger partial charge in [0.2, 0.25) is 11.8 Å². The van der Waals surface area contributed by atoms with Crippen LogP contribution in [0.2, 0.25) is 0 Å². The lowest BCUT2D eigenvalue weighted by Crippen LogP contribution is -2.38. The highest BCUT2D eigenvalue weighted by Crippen LogP contribution is 2.36. The van der Waals surface area contributed by atoms with Gasteiger partial charge in [-0.1, -0.05) is 13.8 Å². The molecule has 0 bridgehead atoms. The minimum Gasteiger partial charge on any atom is -0.354 e. The first-order chi connectivity index (χ1) is 9.84. The Balaban J connectivity index is 2.38. The molecule has 1 aliphatic heterocycles. The lowest BCUT2D eigenvalue weighted by Gasteiger charge is -2.37. The first kappa shape index (κ1) is 15.5. The third-order valence-corrected chi connectivity index (χ3v) is 3.97. The van der Waals surface area contributed by atoms with Crippen LogP contribution in [0.5, 0.6) is 0 Å². The molecular formula is C14H23N5O2. The molecule has 1 aromatic rings. The predicted octanol–water partition coefficient (Wildman–Crippen LogP) is 2.75. The summed E-state index contributed by atoms with van der Waals surface area (Å²) in [4.78, 5) is 21.6. The Bertz CT molecular complexity index is 534. The van der Waals surface area contributed by atoms with Crippen molar-refractivity contribution in [3.8, 4) is 0 Å². The van der Waals surface area contributed by atoms with Crippen molar-refractivity contribution in [1.29, 1.82) is 0 Å². The van der Waals surface area contributed by atoms with Crippen molar-refractivity contribution >= 4 is 17.5 Å². The van der Waals surface area contributed by atoms with E-state index >= 15 is 0 Å². The number of hydrogen-bond donors (Lipinski definition) is 1. The number of nitrogens with zero attached hydrogens (tertiary/aromatic N) is 4. The smallest absolute Gasteiger partial charge is 0.332 e. The molecule has 2 rings (SSSR count). The quantitative estimate of drug-likeness (QED) is 0.678. The lowest BCUT2D eigenvalue weighted by molar-refractivity contribution is -0.385. The maximum absolute atomic E-state index is 11.4. The van der Waals surface area contributed by atoms with Crippen molar-refractivity contribution < 1.29 is 4.92 Å². The van der Waals surface area contributed by atoms with Crippen LogP contribution in [0.1, 0.15) is 39.3 Å². The number of aromatic nitrogens is 2. The number of nitro groups is 1. The second-order valence-corrected chi connectivity index (χ2v) is 6.24. The van der Waals surface area contributed by atoms with Crippen LogP contribution in [-0.2, 0) is 0 Å². The van der Waals surface area contributed by atoms with Crippen molar-refractivity contribution in [3.63, 3.8) is 0 Å². The second kappa shape index (κ2) is 5.83. The van der Waals surface area contributed by atoms with E-state index in [2.05, 4.69) is 29.1 Å². The number of anilines is 2. The lowest BCUT2D eigenvalue weighted by atomic mass is 9.82. The van der Waals surface area contributed by atoms with Crippen molar-refractivity contribution in [3.05, 3.63) is 15.8 Å².